The Morgan fingerprint density at radius 2 is 2.08 bits per heavy atom. The fourth-order valence-electron chi connectivity index (χ4n) is 2.74. The summed E-state index contributed by atoms with van der Waals surface area (Å²) in [6.45, 7) is 3.85. The van der Waals surface area contributed by atoms with E-state index in [0.717, 1.165) is 17.9 Å². The lowest BCUT2D eigenvalue weighted by atomic mass is 10.1. The number of benzene rings is 1. The quantitative estimate of drug-likeness (QED) is 0.834. The van der Waals surface area contributed by atoms with E-state index in [0.29, 0.717) is 11.1 Å². The number of nitrogens with one attached hydrogen (secondary N) is 1. The van der Waals surface area contributed by atoms with Crippen LogP contribution in [0.3, 0.4) is 0 Å². The van der Waals surface area contributed by atoms with Crippen LogP contribution in [0.25, 0.3) is 10.9 Å². The summed E-state index contributed by atoms with van der Waals surface area (Å²) in [5.41, 5.74) is 0.479. The Kier molecular flexibility index (Phi) is 4.92. The Labute approximate surface area is 147 Å². The second-order valence-electron chi connectivity index (χ2n) is 5.63. The molecule has 1 aromatic carbocycles. The largest absolute Gasteiger partial charge is 0.462 e. The van der Waals surface area contributed by atoms with Gasteiger partial charge in [0.1, 0.15) is 11.4 Å². The average molecular weight is 367 g/mol. The highest BCUT2D eigenvalue weighted by atomic mass is 32.2. The zero-order chi connectivity index (χ0) is 17.3. The van der Waals surface area contributed by atoms with E-state index in [9.17, 15) is 14.0 Å². The molecule has 0 saturated carbocycles. The van der Waals surface area contributed by atoms with E-state index in [1.54, 1.807) is 36.5 Å². The van der Waals surface area contributed by atoms with Crippen LogP contribution in [0.5, 0.6) is 0 Å². The fraction of sp³-hybridized carbons (Fsp3) is 0.412. The normalized spacial score (nSPS) is 17.0. The SMILES string of the molecule is CCOC(=O)c1c[nH]c2cc(C3(C)SCCCS3)c(F)cc2c1=O. The fourth-order valence-corrected chi connectivity index (χ4v) is 5.74. The number of esters is 1. The van der Waals surface area contributed by atoms with Gasteiger partial charge in [-0.2, -0.15) is 0 Å². The first-order chi connectivity index (χ1) is 11.5. The number of ether oxygens (including phenoxy) is 1. The molecule has 0 radical (unpaired) electrons. The molecular formula is C17H18FNO3S2. The number of hydrogen-bond acceptors (Lipinski definition) is 5. The van der Waals surface area contributed by atoms with Crippen LogP contribution >= 0.6 is 23.5 Å². The Bertz CT molecular complexity index is 844. The van der Waals surface area contributed by atoms with Crippen LogP contribution < -0.4 is 5.43 Å². The summed E-state index contributed by atoms with van der Waals surface area (Å²) < 4.78 is 19.2. The number of hydrogen-bond donors (Lipinski definition) is 1. The molecule has 128 valence electrons. The van der Waals surface area contributed by atoms with Crippen molar-refractivity contribution in [3.63, 3.8) is 0 Å². The number of carbonyl (C=O) groups is 1. The maximum atomic E-state index is 14.7. The molecule has 0 bridgehead atoms. The van der Waals surface area contributed by atoms with Gasteiger partial charge in [0, 0.05) is 22.7 Å². The minimum absolute atomic E-state index is 0.107. The Balaban J connectivity index is 2.11. The van der Waals surface area contributed by atoms with Gasteiger partial charge in [0.2, 0.25) is 5.43 Å². The number of carbonyl (C=O) groups excluding carboxylic acids is 1. The summed E-state index contributed by atoms with van der Waals surface area (Å²) in [5, 5.41) is 0.163. The molecule has 1 aromatic heterocycles. The van der Waals surface area contributed by atoms with Crippen molar-refractivity contribution in [3.05, 3.63) is 45.5 Å². The van der Waals surface area contributed by atoms with Crippen LogP contribution in [0.15, 0.2) is 23.1 Å². The van der Waals surface area contributed by atoms with Crippen LogP contribution in [-0.2, 0) is 8.82 Å². The minimum atomic E-state index is -0.699. The van der Waals surface area contributed by atoms with E-state index >= 15 is 0 Å². The Hall–Kier alpha value is -1.47. The number of fused-ring (bicyclic) bond motifs is 1. The second-order valence-corrected chi connectivity index (χ2v) is 8.91. The summed E-state index contributed by atoms with van der Waals surface area (Å²) in [6.07, 6.45) is 2.45. The van der Waals surface area contributed by atoms with Crippen molar-refractivity contribution in [2.75, 3.05) is 18.1 Å². The van der Waals surface area contributed by atoms with Crippen molar-refractivity contribution in [3.8, 4) is 0 Å². The van der Waals surface area contributed by atoms with Gasteiger partial charge in [0.05, 0.1) is 10.7 Å². The predicted molar refractivity (Wildman–Crippen MR) is 97.4 cm³/mol. The molecule has 3 rings (SSSR count). The minimum Gasteiger partial charge on any atom is -0.462 e. The third-order valence-electron chi connectivity index (χ3n) is 4.00. The molecule has 0 spiro atoms. The molecule has 1 fully saturated rings. The van der Waals surface area contributed by atoms with Gasteiger partial charge in [-0.15, -0.1) is 23.5 Å². The third-order valence-corrected chi connectivity index (χ3v) is 7.23. The maximum Gasteiger partial charge on any atom is 0.343 e. The monoisotopic (exact) mass is 367 g/mol. The van der Waals surface area contributed by atoms with Gasteiger partial charge in [0.25, 0.3) is 0 Å². The number of aromatic nitrogens is 1. The maximum absolute atomic E-state index is 14.7. The standard InChI is InChI=1S/C17H18FNO3S2/c1-3-22-16(21)11-9-19-14-8-12(13(18)7-10(14)15(11)20)17(2)23-5-4-6-24-17/h7-9H,3-6H2,1-2H3,(H,19,20). The topological polar surface area (TPSA) is 59.2 Å². The summed E-state index contributed by atoms with van der Waals surface area (Å²) in [4.78, 5) is 27.2. The van der Waals surface area contributed by atoms with Gasteiger partial charge in [-0.1, -0.05) is 0 Å². The van der Waals surface area contributed by atoms with Crippen molar-refractivity contribution in [1.82, 2.24) is 4.98 Å². The van der Waals surface area contributed by atoms with Gasteiger partial charge < -0.3 is 9.72 Å². The van der Waals surface area contributed by atoms with Gasteiger partial charge in [0.15, 0.2) is 0 Å². The predicted octanol–water partition coefficient (Wildman–Crippen LogP) is 3.89. The van der Waals surface area contributed by atoms with Gasteiger partial charge in [-0.25, -0.2) is 9.18 Å². The van der Waals surface area contributed by atoms with Gasteiger partial charge >= 0.3 is 5.97 Å². The Morgan fingerprint density at radius 1 is 1.38 bits per heavy atom. The molecule has 4 nitrogen and oxygen atoms in total. The first kappa shape index (κ1) is 17.4. The van der Waals surface area contributed by atoms with E-state index in [1.807, 2.05) is 6.92 Å². The van der Waals surface area contributed by atoms with Crippen molar-refractivity contribution in [1.29, 1.82) is 0 Å². The molecule has 7 heteroatoms. The van der Waals surface area contributed by atoms with E-state index < -0.39 is 17.2 Å². The van der Waals surface area contributed by atoms with Crippen LogP contribution in [0.2, 0.25) is 0 Å². The number of rotatable bonds is 3. The van der Waals surface area contributed by atoms with Gasteiger partial charge in [-0.3, -0.25) is 4.79 Å². The van der Waals surface area contributed by atoms with Crippen LogP contribution in [0.4, 0.5) is 4.39 Å². The summed E-state index contributed by atoms with van der Waals surface area (Å²) in [5.74, 6) is 0.854. The second kappa shape index (κ2) is 6.80. The number of pyridine rings is 1. The first-order valence-corrected chi connectivity index (χ1v) is 9.74. The van der Waals surface area contributed by atoms with Crippen molar-refractivity contribution in [2.24, 2.45) is 0 Å². The van der Waals surface area contributed by atoms with Crippen molar-refractivity contribution >= 4 is 40.4 Å². The molecule has 2 heterocycles. The van der Waals surface area contributed by atoms with Crippen molar-refractivity contribution < 1.29 is 13.9 Å². The number of halogens is 1. The zero-order valence-corrected chi connectivity index (χ0v) is 15.1. The molecule has 0 amide bonds. The molecule has 0 aliphatic carbocycles. The number of thioether (sulfide) groups is 2. The lowest BCUT2D eigenvalue weighted by molar-refractivity contribution is 0.0524. The van der Waals surface area contributed by atoms with E-state index in [2.05, 4.69) is 4.98 Å². The first-order valence-electron chi connectivity index (χ1n) is 7.76. The third kappa shape index (κ3) is 3.07. The summed E-state index contributed by atoms with van der Waals surface area (Å²) in [7, 11) is 0. The van der Waals surface area contributed by atoms with Gasteiger partial charge in [-0.05, 0) is 43.9 Å². The number of H-pyrrole nitrogens is 1. The van der Waals surface area contributed by atoms with Crippen LogP contribution in [-0.4, -0.2) is 29.1 Å². The highest BCUT2D eigenvalue weighted by Crippen LogP contribution is 2.50. The molecule has 0 unspecified atom stereocenters. The molecule has 1 N–H and O–H groups in total. The lowest BCUT2D eigenvalue weighted by Crippen LogP contribution is -2.22. The average Bonchev–Trinajstić information content (AvgIpc) is 2.56. The highest BCUT2D eigenvalue weighted by molar-refractivity contribution is 8.18. The molecular weight excluding hydrogens is 349 g/mol. The van der Waals surface area contributed by atoms with Crippen LogP contribution in [0.1, 0.15) is 36.2 Å². The molecule has 0 atom stereocenters. The molecule has 24 heavy (non-hydrogen) atoms. The molecule has 1 aliphatic rings. The van der Waals surface area contributed by atoms with E-state index in [-0.39, 0.29) is 21.6 Å². The van der Waals surface area contributed by atoms with E-state index in [1.165, 1.54) is 12.3 Å². The smallest absolute Gasteiger partial charge is 0.343 e. The summed E-state index contributed by atoms with van der Waals surface area (Å²) >= 11 is 3.43. The van der Waals surface area contributed by atoms with Crippen molar-refractivity contribution in [2.45, 2.75) is 24.3 Å². The molecule has 1 saturated heterocycles. The molecule has 1 aliphatic heterocycles. The zero-order valence-electron chi connectivity index (χ0n) is 13.5. The summed E-state index contributed by atoms with van der Waals surface area (Å²) in [6, 6.07) is 2.92. The van der Waals surface area contributed by atoms with Crippen LogP contribution in [0, 0.1) is 5.82 Å². The Morgan fingerprint density at radius 3 is 2.75 bits per heavy atom. The lowest BCUT2D eigenvalue weighted by Gasteiger charge is -2.33. The van der Waals surface area contributed by atoms with E-state index in [4.69, 9.17) is 4.74 Å². The number of aromatic amines is 1. The molecule has 2 aromatic rings. The highest BCUT2D eigenvalue weighted by Gasteiger charge is 2.33.